The lowest BCUT2D eigenvalue weighted by Gasteiger charge is -2.32. The highest BCUT2D eigenvalue weighted by atomic mass is 32.2. The molecular formula is C9H16N2S. The zero-order valence-electron chi connectivity index (χ0n) is 7.28. The summed E-state index contributed by atoms with van der Waals surface area (Å²) in [7, 11) is 0. The molecule has 2 aliphatic rings. The molecule has 2 rings (SSSR count). The number of rotatable bonds is 1. The van der Waals surface area contributed by atoms with Crippen molar-refractivity contribution in [1.29, 1.82) is 0 Å². The van der Waals surface area contributed by atoms with Crippen LogP contribution in [0.25, 0.3) is 0 Å². The second-order valence-corrected chi connectivity index (χ2v) is 4.53. The van der Waals surface area contributed by atoms with Gasteiger partial charge >= 0.3 is 0 Å². The maximum absolute atomic E-state index is 5.85. The van der Waals surface area contributed by atoms with E-state index in [-0.39, 0.29) is 0 Å². The maximum atomic E-state index is 5.85. The van der Waals surface area contributed by atoms with Crippen LogP contribution < -0.4 is 5.73 Å². The smallest absolute Gasteiger partial charge is 0.0678 e. The minimum Gasteiger partial charge on any atom is -0.364 e. The van der Waals surface area contributed by atoms with Gasteiger partial charge in [0.2, 0.25) is 0 Å². The zero-order valence-corrected chi connectivity index (χ0v) is 8.09. The molecule has 0 unspecified atom stereocenters. The fourth-order valence-corrected chi connectivity index (χ4v) is 2.75. The molecule has 0 spiro atoms. The standard InChI is InChI=1S/C9H16N2S/c10-8-1-3-9(4-2-8)11-5-6-12-7-11/h5-6,8-9H,1-4,7,10H2. The quantitative estimate of drug-likeness (QED) is 0.673. The van der Waals surface area contributed by atoms with Crippen molar-refractivity contribution in [3.05, 3.63) is 11.6 Å². The van der Waals surface area contributed by atoms with Crippen LogP contribution in [0, 0.1) is 0 Å². The normalized spacial score (nSPS) is 35.9. The fraction of sp³-hybridized carbons (Fsp3) is 0.778. The zero-order chi connectivity index (χ0) is 8.39. The van der Waals surface area contributed by atoms with Crippen LogP contribution in [0.5, 0.6) is 0 Å². The predicted molar refractivity (Wildman–Crippen MR) is 53.7 cm³/mol. The van der Waals surface area contributed by atoms with E-state index in [0.29, 0.717) is 6.04 Å². The summed E-state index contributed by atoms with van der Waals surface area (Å²) in [5, 5.41) is 2.19. The first kappa shape index (κ1) is 8.45. The van der Waals surface area contributed by atoms with Crippen molar-refractivity contribution in [3.8, 4) is 0 Å². The molecule has 1 heterocycles. The number of nitrogens with two attached hydrogens (primary N) is 1. The molecule has 3 heteroatoms. The van der Waals surface area contributed by atoms with Gasteiger partial charge in [0.05, 0.1) is 5.88 Å². The molecule has 2 nitrogen and oxygen atoms in total. The van der Waals surface area contributed by atoms with Gasteiger partial charge in [0.1, 0.15) is 0 Å². The number of thioether (sulfide) groups is 1. The van der Waals surface area contributed by atoms with Crippen LogP contribution in [0.3, 0.4) is 0 Å². The summed E-state index contributed by atoms with van der Waals surface area (Å²) in [6, 6.07) is 1.25. The van der Waals surface area contributed by atoms with E-state index in [4.69, 9.17) is 5.73 Å². The molecule has 0 bridgehead atoms. The second kappa shape index (κ2) is 3.71. The summed E-state index contributed by atoms with van der Waals surface area (Å²) in [4.78, 5) is 2.45. The number of hydrogen-bond acceptors (Lipinski definition) is 3. The summed E-state index contributed by atoms with van der Waals surface area (Å²) in [5.74, 6) is 1.15. The van der Waals surface area contributed by atoms with Gasteiger partial charge in [-0.15, -0.1) is 11.8 Å². The first-order valence-electron chi connectivity index (χ1n) is 4.66. The van der Waals surface area contributed by atoms with E-state index >= 15 is 0 Å². The summed E-state index contributed by atoms with van der Waals surface area (Å²) in [5.41, 5.74) is 5.85. The van der Waals surface area contributed by atoms with Gasteiger partial charge in [-0.3, -0.25) is 0 Å². The highest BCUT2D eigenvalue weighted by Gasteiger charge is 2.23. The summed E-state index contributed by atoms with van der Waals surface area (Å²) in [6.45, 7) is 0. The average Bonchev–Trinajstić information content (AvgIpc) is 2.58. The van der Waals surface area contributed by atoms with Gasteiger partial charge in [-0.1, -0.05) is 0 Å². The van der Waals surface area contributed by atoms with Crippen LogP contribution in [0.2, 0.25) is 0 Å². The van der Waals surface area contributed by atoms with Crippen LogP contribution in [0.15, 0.2) is 11.6 Å². The summed E-state index contributed by atoms with van der Waals surface area (Å²) < 4.78 is 0. The van der Waals surface area contributed by atoms with Gasteiger partial charge in [0.15, 0.2) is 0 Å². The molecule has 2 N–H and O–H groups in total. The van der Waals surface area contributed by atoms with Crippen LogP contribution in [-0.2, 0) is 0 Å². The predicted octanol–water partition coefficient (Wildman–Crippen LogP) is 1.73. The lowest BCUT2D eigenvalue weighted by molar-refractivity contribution is 0.235. The molecular weight excluding hydrogens is 168 g/mol. The van der Waals surface area contributed by atoms with Crippen LogP contribution in [0.1, 0.15) is 25.7 Å². The Balaban J connectivity index is 1.84. The highest BCUT2D eigenvalue weighted by molar-refractivity contribution is 8.02. The van der Waals surface area contributed by atoms with Gasteiger partial charge in [-0.2, -0.15) is 0 Å². The lowest BCUT2D eigenvalue weighted by atomic mass is 9.91. The Labute approximate surface area is 78.2 Å². The molecule has 0 atom stereocenters. The minimum absolute atomic E-state index is 0.473. The molecule has 1 aliphatic heterocycles. The van der Waals surface area contributed by atoms with Crippen molar-refractivity contribution in [3.63, 3.8) is 0 Å². The number of nitrogens with zero attached hydrogens (tertiary/aromatic N) is 1. The van der Waals surface area contributed by atoms with Crippen LogP contribution in [-0.4, -0.2) is 22.9 Å². The number of hydrogen-bond donors (Lipinski definition) is 1. The van der Waals surface area contributed by atoms with Crippen molar-refractivity contribution >= 4 is 11.8 Å². The molecule has 12 heavy (non-hydrogen) atoms. The monoisotopic (exact) mass is 184 g/mol. The second-order valence-electron chi connectivity index (χ2n) is 3.66. The highest BCUT2D eigenvalue weighted by Crippen LogP contribution is 2.27. The third-order valence-corrected chi connectivity index (χ3v) is 3.54. The van der Waals surface area contributed by atoms with E-state index in [9.17, 15) is 0 Å². The molecule has 1 fully saturated rings. The van der Waals surface area contributed by atoms with Crippen molar-refractivity contribution in [1.82, 2.24) is 4.90 Å². The lowest BCUT2D eigenvalue weighted by Crippen LogP contribution is -2.36. The molecule has 0 saturated heterocycles. The van der Waals surface area contributed by atoms with Gasteiger partial charge in [-0.25, -0.2) is 0 Å². The van der Waals surface area contributed by atoms with Gasteiger partial charge < -0.3 is 10.6 Å². The van der Waals surface area contributed by atoms with Crippen molar-refractivity contribution < 1.29 is 0 Å². The van der Waals surface area contributed by atoms with Gasteiger partial charge in [0, 0.05) is 18.3 Å². The van der Waals surface area contributed by atoms with Crippen LogP contribution in [0.4, 0.5) is 0 Å². The molecule has 0 aromatic heterocycles. The Kier molecular flexibility index (Phi) is 2.61. The van der Waals surface area contributed by atoms with Gasteiger partial charge in [-0.05, 0) is 31.1 Å². The van der Waals surface area contributed by atoms with Crippen molar-refractivity contribution in [2.45, 2.75) is 37.8 Å². The van der Waals surface area contributed by atoms with E-state index in [1.807, 2.05) is 11.8 Å². The van der Waals surface area contributed by atoms with Crippen LogP contribution >= 0.6 is 11.8 Å². The molecule has 1 aliphatic carbocycles. The molecule has 68 valence electrons. The van der Waals surface area contributed by atoms with E-state index in [1.165, 1.54) is 25.7 Å². The minimum atomic E-state index is 0.473. The Hall–Kier alpha value is -0.150. The largest absolute Gasteiger partial charge is 0.364 e. The maximum Gasteiger partial charge on any atom is 0.0678 e. The Morgan fingerprint density at radius 3 is 2.58 bits per heavy atom. The molecule has 0 amide bonds. The Bertz CT molecular complexity index is 173. The fourth-order valence-electron chi connectivity index (χ4n) is 1.95. The third-order valence-electron chi connectivity index (χ3n) is 2.78. The topological polar surface area (TPSA) is 29.3 Å². The summed E-state index contributed by atoms with van der Waals surface area (Å²) in [6.07, 6.45) is 7.21. The van der Waals surface area contributed by atoms with Crippen molar-refractivity contribution in [2.75, 3.05) is 5.88 Å². The molecule has 1 saturated carbocycles. The van der Waals surface area contributed by atoms with E-state index < -0.39 is 0 Å². The van der Waals surface area contributed by atoms with E-state index in [1.54, 1.807) is 0 Å². The molecule has 0 radical (unpaired) electrons. The average molecular weight is 184 g/mol. The Morgan fingerprint density at radius 1 is 1.25 bits per heavy atom. The van der Waals surface area contributed by atoms with E-state index in [2.05, 4.69) is 16.5 Å². The Morgan fingerprint density at radius 2 is 2.00 bits per heavy atom. The molecule has 0 aromatic rings. The third kappa shape index (κ3) is 1.77. The first-order chi connectivity index (χ1) is 5.86. The SMILES string of the molecule is NC1CCC(N2C=CSC2)CC1. The first-order valence-corrected chi connectivity index (χ1v) is 5.71. The van der Waals surface area contributed by atoms with E-state index in [0.717, 1.165) is 11.9 Å². The van der Waals surface area contributed by atoms with Gasteiger partial charge in [0.25, 0.3) is 0 Å². The molecule has 0 aromatic carbocycles. The summed E-state index contributed by atoms with van der Waals surface area (Å²) >= 11 is 1.89. The van der Waals surface area contributed by atoms with Crippen molar-refractivity contribution in [2.24, 2.45) is 5.73 Å².